The molecular weight excluding hydrogens is 347 g/mol. The summed E-state index contributed by atoms with van der Waals surface area (Å²) in [5.41, 5.74) is 3.15. The van der Waals surface area contributed by atoms with Gasteiger partial charge in [-0.25, -0.2) is 9.78 Å². The molecule has 4 nitrogen and oxygen atoms in total. The summed E-state index contributed by atoms with van der Waals surface area (Å²) in [4.78, 5) is 16.4. The quantitative estimate of drug-likeness (QED) is 0.795. The first-order valence-corrected chi connectivity index (χ1v) is 7.98. The molecule has 1 aliphatic rings. The standard InChI is InChI=1S/C15H13Cl3N2O2/c16-15(17,18)8-22-14(21)20-13-11-6-3-5-9(11)10-4-1-2-7-12(10)19-13/h1-2,4,7H,3,5-6,8H2,(H,19,20,21). The first kappa shape index (κ1) is 15.7. The Morgan fingerprint density at radius 1 is 1.23 bits per heavy atom. The lowest BCUT2D eigenvalue weighted by molar-refractivity contribution is 0.164. The highest BCUT2D eigenvalue weighted by Crippen LogP contribution is 2.33. The molecule has 2 aromatic rings. The molecule has 1 amide bonds. The van der Waals surface area contributed by atoms with E-state index in [0.717, 1.165) is 35.7 Å². The van der Waals surface area contributed by atoms with Crippen LogP contribution in [0.2, 0.25) is 0 Å². The van der Waals surface area contributed by atoms with Gasteiger partial charge in [-0.05, 0) is 36.5 Å². The van der Waals surface area contributed by atoms with Crippen LogP contribution in [0.1, 0.15) is 17.5 Å². The predicted octanol–water partition coefficient (Wildman–Crippen LogP) is 4.64. The second-order valence-corrected chi connectivity index (χ2v) is 7.62. The molecule has 116 valence electrons. The molecule has 0 saturated carbocycles. The highest BCUT2D eigenvalue weighted by Gasteiger charge is 2.24. The van der Waals surface area contributed by atoms with E-state index in [2.05, 4.69) is 16.4 Å². The van der Waals surface area contributed by atoms with Gasteiger partial charge in [-0.1, -0.05) is 53.0 Å². The Balaban J connectivity index is 1.87. The number of halogens is 3. The molecule has 1 aliphatic carbocycles. The number of hydrogen-bond acceptors (Lipinski definition) is 3. The number of nitrogens with zero attached hydrogens (tertiary/aromatic N) is 1. The zero-order valence-electron chi connectivity index (χ0n) is 11.5. The van der Waals surface area contributed by atoms with Gasteiger partial charge in [0, 0.05) is 5.39 Å². The van der Waals surface area contributed by atoms with Crippen molar-refractivity contribution >= 4 is 57.6 Å². The Labute approximate surface area is 142 Å². The summed E-state index contributed by atoms with van der Waals surface area (Å²) >= 11 is 16.7. The van der Waals surface area contributed by atoms with Crippen LogP contribution in [0.4, 0.5) is 10.6 Å². The number of amides is 1. The Morgan fingerprint density at radius 2 is 1.95 bits per heavy atom. The van der Waals surface area contributed by atoms with Crippen LogP contribution in [0, 0.1) is 0 Å². The summed E-state index contributed by atoms with van der Waals surface area (Å²) in [6.45, 7) is -0.320. The molecular formula is C15H13Cl3N2O2. The van der Waals surface area contributed by atoms with Crippen molar-refractivity contribution < 1.29 is 9.53 Å². The van der Waals surface area contributed by atoms with Gasteiger partial charge in [0.15, 0.2) is 0 Å². The third-order valence-corrected chi connectivity index (χ3v) is 3.88. The maximum absolute atomic E-state index is 11.8. The zero-order chi connectivity index (χ0) is 15.7. The second-order valence-electron chi connectivity index (χ2n) is 5.10. The Kier molecular flexibility index (Phi) is 4.35. The van der Waals surface area contributed by atoms with Gasteiger partial charge in [-0.15, -0.1) is 0 Å². The van der Waals surface area contributed by atoms with Crippen molar-refractivity contribution in [2.45, 2.75) is 23.1 Å². The minimum absolute atomic E-state index is 0.320. The van der Waals surface area contributed by atoms with Gasteiger partial charge in [0.2, 0.25) is 3.79 Å². The summed E-state index contributed by atoms with van der Waals surface area (Å²) in [5, 5.41) is 3.79. The van der Waals surface area contributed by atoms with E-state index in [9.17, 15) is 4.79 Å². The van der Waals surface area contributed by atoms with Crippen LogP contribution >= 0.6 is 34.8 Å². The van der Waals surface area contributed by atoms with Crippen LogP contribution < -0.4 is 5.32 Å². The zero-order valence-corrected chi connectivity index (χ0v) is 13.8. The van der Waals surface area contributed by atoms with Gasteiger partial charge < -0.3 is 4.74 Å². The molecule has 0 atom stereocenters. The monoisotopic (exact) mass is 358 g/mol. The number of ether oxygens (including phenoxy) is 1. The van der Waals surface area contributed by atoms with Gasteiger partial charge in [0.05, 0.1) is 5.52 Å². The number of para-hydroxylation sites is 1. The van der Waals surface area contributed by atoms with Crippen molar-refractivity contribution in [1.29, 1.82) is 0 Å². The van der Waals surface area contributed by atoms with Crippen molar-refractivity contribution in [3.8, 4) is 0 Å². The van der Waals surface area contributed by atoms with Crippen molar-refractivity contribution in [3.63, 3.8) is 0 Å². The largest absolute Gasteiger partial charge is 0.445 e. The van der Waals surface area contributed by atoms with Gasteiger partial charge in [0.25, 0.3) is 0 Å². The van der Waals surface area contributed by atoms with Crippen LogP contribution in [0.15, 0.2) is 24.3 Å². The molecule has 1 N–H and O–H groups in total. The average molecular weight is 360 g/mol. The van der Waals surface area contributed by atoms with Gasteiger partial charge in [-0.3, -0.25) is 5.32 Å². The number of rotatable bonds is 2. The number of hydrogen-bond donors (Lipinski definition) is 1. The second kappa shape index (κ2) is 6.11. The molecule has 0 spiro atoms. The van der Waals surface area contributed by atoms with Crippen molar-refractivity contribution in [2.75, 3.05) is 11.9 Å². The summed E-state index contributed by atoms with van der Waals surface area (Å²) in [6.07, 6.45) is 2.23. The van der Waals surface area contributed by atoms with Crippen molar-refractivity contribution in [1.82, 2.24) is 4.98 Å². The molecule has 0 aliphatic heterocycles. The lowest BCUT2D eigenvalue weighted by Gasteiger charge is -2.14. The molecule has 1 heterocycles. The highest BCUT2D eigenvalue weighted by atomic mass is 35.6. The van der Waals surface area contributed by atoms with Crippen LogP contribution in [-0.4, -0.2) is 21.5 Å². The van der Waals surface area contributed by atoms with E-state index in [1.807, 2.05) is 18.2 Å². The van der Waals surface area contributed by atoms with Crippen molar-refractivity contribution in [2.24, 2.45) is 0 Å². The molecule has 0 fully saturated rings. The first-order chi connectivity index (χ1) is 10.4. The maximum Gasteiger partial charge on any atom is 0.412 e. The van der Waals surface area contributed by atoms with E-state index in [1.54, 1.807) is 0 Å². The molecule has 0 radical (unpaired) electrons. The van der Waals surface area contributed by atoms with E-state index in [0.29, 0.717) is 5.82 Å². The molecule has 0 unspecified atom stereocenters. The van der Waals surface area contributed by atoms with Crippen molar-refractivity contribution in [3.05, 3.63) is 35.4 Å². The third-order valence-electron chi connectivity index (χ3n) is 3.55. The lowest BCUT2D eigenvalue weighted by Crippen LogP contribution is -2.22. The van der Waals surface area contributed by atoms with Crippen LogP contribution in [0.5, 0.6) is 0 Å². The number of benzene rings is 1. The fraction of sp³-hybridized carbons (Fsp3) is 0.333. The minimum Gasteiger partial charge on any atom is -0.445 e. The van der Waals surface area contributed by atoms with Crippen LogP contribution in [-0.2, 0) is 17.6 Å². The normalized spacial score (nSPS) is 14.0. The molecule has 3 rings (SSSR count). The number of alkyl halides is 3. The molecule has 1 aromatic carbocycles. The molecule has 0 saturated heterocycles. The number of anilines is 1. The molecule has 7 heteroatoms. The Bertz CT molecular complexity index is 729. The SMILES string of the molecule is O=C(Nc1nc2ccccc2c2c1CCC2)OCC(Cl)(Cl)Cl. The number of nitrogens with one attached hydrogen (secondary N) is 1. The fourth-order valence-electron chi connectivity index (χ4n) is 2.70. The average Bonchev–Trinajstić information content (AvgIpc) is 2.94. The van der Waals surface area contributed by atoms with E-state index in [-0.39, 0.29) is 6.61 Å². The molecule has 0 bridgehead atoms. The van der Waals surface area contributed by atoms with Crippen LogP contribution in [0.3, 0.4) is 0 Å². The number of aromatic nitrogens is 1. The number of carbonyl (C=O) groups excluding carboxylic acids is 1. The fourth-order valence-corrected chi connectivity index (χ4v) is 2.86. The van der Waals surface area contributed by atoms with E-state index in [4.69, 9.17) is 39.5 Å². The summed E-state index contributed by atoms with van der Waals surface area (Å²) in [6, 6.07) is 7.88. The summed E-state index contributed by atoms with van der Waals surface area (Å²) in [7, 11) is 0. The topological polar surface area (TPSA) is 51.2 Å². The van der Waals surface area contributed by atoms with Gasteiger partial charge in [0.1, 0.15) is 12.4 Å². The number of fused-ring (bicyclic) bond motifs is 3. The van der Waals surface area contributed by atoms with Crippen LogP contribution in [0.25, 0.3) is 10.9 Å². The van der Waals surface area contributed by atoms with E-state index >= 15 is 0 Å². The molecule has 22 heavy (non-hydrogen) atoms. The number of carbonyl (C=O) groups is 1. The van der Waals surface area contributed by atoms with Gasteiger partial charge >= 0.3 is 6.09 Å². The minimum atomic E-state index is -1.63. The predicted molar refractivity (Wildman–Crippen MR) is 89.0 cm³/mol. The highest BCUT2D eigenvalue weighted by molar-refractivity contribution is 6.67. The smallest absolute Gasteiger partial charge is 0.412 e. The first-order valence-electron chi connectivity index (χ1n) is 6.85. The van der Waals surface area contributed by atoms with Gasteiger partial charge in [-0.2, -0.15) is 0 Å². The number of aryl methyl sites for hydroxylation is 1. The lowest BCUT2D eigenvalue weighted by atomic mass is 10.1. The van der Waals surface area contributed by atoms with E-state index < -0.39 is 9.89 Å². The summed E-state index contributed by atoms with van der Waals surface area (Å²) < 4.78 is 3.27. The third kappa shape index (κ3) is 3.40. The van der Waals surface area contributed by atoms with E-state index in [1.165, 1.54) is 5.56 Å². The summed E-state index contributed by atoms with van der Waals surface area (Å²) in [5.74, 6) is 0.528. The number of pyridine rings is 1. The Morgan fingerprint density at radius 3 is 2.73 bits per heavy atom. The molecule has 1 aromatic heterocycles. The Hall–Kier alpha value is -1.23. The maximum atomic E-state index is 11.8.